The van der Waals surface area contributed by atoms with Gasteiger partial charge in [0.25, 0.3) is 0 Å². The van der Waals surface area contributed by atoms with Crippen LogP contribution < -0.4 is 0 Å². The maximum absolute atomic E-state index is 9.61. The van der Waals surface area contributed by atoms with Crippen LogP contribution >= 0.6 is 11.8 Å². The smallest absolute Gasteiger partial charge is 0.0616 e. The number of thioether (sulfide) groups is 1. The van der Waals surface area contributed by atoms with Gasteiger partial charge in [-0.3, -0.25) is 0 Å². The molecule has 0 bridgehead atoms. The fraction of sp³-hybridized carbons (Fsp3) is 1.00. The van der Waals surface area contributed by atoms with Gasteiger partial charge >= 0.3 is 0 Å². The highest BCUT2D eigenvalue weighted by atomic mass is 32.2. The van der Waals surface area contributed by atoms with E-state index in [0.717, 1.165) is 13.0 Å². The van der Waals surface area contributed by atoms with Gasteiger partial charge in [0, 0.05) is 17.8 Å². The summed E-state index contributed by atoms with van der Waals surface area (Å²) in [5.74, 6) is 0.461. The lowest BCUT2D eigenvalue weighted by Crippen LogP contribution is -2.43. The first-order valence-electron chi connectivity index (χ1n) is 6.27. The number of nitrogens with zero attached hydrogens (tertiary/aromatic N) is 1. The maximum Gasteiger partial charge on any atom is 0.0616 e. The van der Waals surface area contributed by atoms with Crippen LogP contribution in [0.1, 0.15) is 41.0 Å². The Bertz CT molecular complexity index is 208. The second-order valence-electron chi connectivity index (χ2n) is 5.70. The van der Waals surface area contributed by atoms with Gasteiger partial charge in [0.2, 0.25) is 0 Å². The molecule has 2 unspecified atom stereocenters. The Morgan fingerprint density at radius 2 is 1.82 bits per heavy atom. The van der Waals surface area contributed by atoms with Crippen LogP contribution in [-0.2, 0) is 4.74 Å². The number of hydroxylamine groups is 2. The van der Waals surface area contributed by atoms with Gasteiger partial charge in [0.1, 0.15) is 0 Å². The van der Waals surface area contributed by atoms with Crippen molar-refractivity contribution >= 4 is 11.8 Å². The molecule has 0 aliphatic heterocycles. The monoisotopic (exact) mass is 263 g/mol. The molecule has 0 aromatic rings. The Morgan fingerprint density at radius 3 is 2.18 bits per heavy atom. The summed E-state index contributed by atoms with van der Waals surface area (Å²) in [4.78, 5) is 0. The van der Waals surface area contributed by atoms with Crippen LogP contribution in [0.3, 0.4) is 0 Å². The molecule has 104 valence electrons. The van der Waals surface area contributed by atoms with E-state index in [2.05, 4.69) is 27.0 Å². The van der Waals surface area contributed by atoms with Crippen molar-refractivity contribution < 1.29 is 9.94 Å². The molecule has 17 heavy (non-hydrogen) atoms. The molecule has 0 rings (SSSR count). The van der Waals surface area contributed by atoms with Gasteiger partial charge in [0.05, 0.1) is 12.7 Å². The Hall–Kier alpha value is 0.230. The predicted octanol–water partition coefficient (Wildman–Crippen LogP) is 3.27. The zero-order valence-corrected chi connectivity index (χ0v) is 13.2. The van der Waals surface area contributed by atoms with E-state index in [0.29, 0.717) is 11.2 Å². The van der Waals surface area contributed by atoms with E-state index in [1.54, 1.807) is 7.05 Å². The molecule has 0 aromatic carbocycles. The molecule has 0 fully saturated rings. The first-order chi connectivity index (χ1) is 7.70. The van der Waals surface area contributed by atoms with Crippen molar-refractivity contribution in [3.8, 4) is 0 Å². The molecule has 4 heteroatoms. The number of ether oxygens (including phenoxy) is 1. The molecular formula is C13H29NO2S. The SMILES string of the molecule is CSC(C)COC(CC(C)(C)N(C)O)C(C)C. The summed E-state index contributed by atoms with van der Waals surface area (Å²) in [6.07, 6.45) is 3.12. The topological polar surface area (TPSA) is 32.7 Å². The molecule has 0 aliphatic rings. The lowest BCUT2D eigenvalue weighted by Gasteiger charge is -2.35. The van der Waals surface area contributed by atoms with E-state index in [1.807, 2.05) is 25.6 Å². The lowest BCUT2D eigenvalue weighted by atomic mass is 9.91. The predicted molar refractivity (Wildman–Crippen MR) is 75.8 cm³/mol. The Balaban J connectivity index is 4.34. The normalized spacial score (nSPS) is 16.6. The molecule has 0 spiro atoms. The van der Waals surface area contributed by atoms with Crippen molar-refractivity contribution in [2.75, 3.05) is 19.9 Å². The zero-order valence-electron chi connectivity index (χ0n) is 12.4. The molecule has 1 N–H and O–H groups in total. The van der Waals surface area contributed by atoms with Crippen molar-refractivity contribution in [2.45, 2.75) is 57.9 Å². The van der Waals surface area contributed by atoms with E-state index in [-0.39, 0.29) is 11.6 Å². The molecule has 0 amide bonds. The van der Waals surface area contributed by atoms with Gasteiger partial charge < -0.3 is 9.94 Å². The summed E-state index contributed by atoms with van der Waals surface area (Å²) in [5, 5.41) is 11.4. The maximum atomic E-state index is 9.61. The van der Waals surface area contributed by atoms with E-state index in [4.69, 9.17) is 4.74 Å². The number of hydrogen-bond acceptors (Lipinski definition) is 4. The molecule has 0 saturated heterocycles. The van der Waals surface area contributed by atoms with Gasteiger partial charge in [-0.25, -0.2) is 0 Å². The minimum Gasteiger partial charge on any atom is -0.377 e. The first-order valence-corrected chi connectivity index (χ1v) is 7.56. The third kappa shape index (κ3) is 6.65. The van der Waals surface area contributed by atoms with Crippen molar-refractivity contribution in [2.24, 2.45) is 5.92 Å². The summed E-state index contributed by atoms with van der Waals surface area (Å²) < 4.78 is 5.98. The lowest BCUT2D eigenvalue weighted by molar-refractivity contribution is -0.156. The fourth-order valence-corrected chi connectivity index (χ4v) is 1.65. The van der Waals surface area contributed by atoms with Crippen molar-refractivity contribution in [3.05, 3.63) is 0 Å². The van der Waals surface area contributed by atoms with Crippen LogP contribution in [0, 0.1) is 5.92 Å². The minimum absolute atomic E-state index is 0.189. The third-order valence-corrected chi connectivity index (χ3v) is 4.21. The molecule has 0 saturated carbocycles. The van der Waals surface area contributed by atoms with Crippen LogP contribution in [0.4, 0.5) is 0 Å². The van der Waals surface area contributed by atoms with Crippen LogP contribution in [-0.4, -0.2) is 47.1 Å². The van der Waals surface area contributed by atoms with Crippen molar-refractivity contribution in [1.82, 2.24) is 5.06 Å². The summed E-state index contributed by atoms with van der Waals surface area (Å²) in [7, 11) is 1.70. The second kappa shape index (κ2) is 7.62. The number of hydrogen-bond donors (Lipinski definition) is 1. The Kier molecular flexibility index (Phi) is 7.72. The highest BCUT2D eigenvalue weighted by Gasteiger charge is 2.29. The Labute approximate surface area is 111 Å². The second-order valence-corrected chi connectivity index (χ2v) is 6.98. The molecule has 0 heterocycles. The first kappa shape index (κ1) is 17.2. The third-order valence-electron chi connectivity index (χ3n) is 3.27. The van der Waals surface area contributed by atoms with Crippen molar-refractivity contribution in [3.63, 3.8) is 0 Å². The van der Waals surface area contributed by atoms with Gasteiger partial charge in [-0.1, -0.05) is 20.8 Å². The van der Waals surface area contributed by atoms with Crippen molar-refractivity contribution in [1.29, 1.82) is 0 Å². The van der Waals surface area contributed by atoms with E-state index >= 15 is 0 Å². The Morgan fingerprint density at radius 1 is 1.29 bits per heavy atom. The molecule has 0 aromatic heterocycles. The van der Waals surface area contributed by atoms with Crippen LogP contribution in [0.5, 0.6) is 0 Å². The highest BCUT2D eigenvalue weighted by Crippen LogP contribution is 2.24. The molecule has 3 nitrogen and oxygen atoms in total. The summed E-state index contributed by atoms with van der Waals surface area (Å²) in [6, 6.07) is 0. The van der Waals surface area contributed by atoms with E-state index < -0.39 is 0 Å². The van der Waals surface area contributed by atoms with Crippen LogP contribution in [0.15, 0.2) is 0 Å². The van der Waals surface area contributed by atoms with Crippen LogP contribution in [0.2, 0.25) is 0 Å². The highest BCUT2D eigenvalue weighted by molar-refractivity contribution is 7.99. The standard InChI is InChI=1S/C13H29NO2S/c1-10(2)12(16-9-11(3)17-7)8-13(4,5)14(6)15/h10-12,15H,8-9H2,1-7H3. The largest absolute Gasteiger partial charge is 0.377 e. The molecule has 0 aliphatic carbocycles. The average Bonchev–Trinajstić information content (AvgIpc) is 2.22. The van der Waals surface area contributed by atoms with Gasteiger partial charge in [-0.2, -0.15) is 16.8 Å². The fourth-order valence-electron chi connectivity index (χ4n) is 1.44. The summed E-state index contributed by atoms with van der Waals surface area (Å²) >= 11 is 1.82. The summed E-state index contributed by atoms with van der Waals surface area (Å²) in [6.45, 7) is 11.3. The van der Waals surface area contributed by atoms with Gasteiger partial charge in [-0.05, 0) is 32.4 Å². The van der Waals surface area contributed by atoms with Gasteiger partial charge in [-0.15, -0.1) is 0 Å². The number of rotatable bonds is 8. The molecular weight excluding hydrogens is 234 g/mol. The average molecular weight is 263 g/mol. The van der Waals surface area contributed by atoms with E-state index in [9.17, 15) is 5.21 Å². The zero-order chi connectivity index (χ0) is 13.6. The minimum atomic E-state index is -0.252. The van der Waals surface area contributed by atoms with Gasteiger partial charge in [0.15, 0.2) is 0 Å². The molecule has 0 radical (unpaired) electrons. The van der Waals surface area contributed by atoms with E-state index in [1.165, 1.54) is 5.06 Å². The molecule has 2 atom stereocenters. The summed E-state index contributed by atoms with van der Waals surface area (Å²) in [5.41, 5.74) is -0.252. The quantitative estimate of drug-likeness (QED) is 0.681. The van der Waals surface area contributed by atoms with Crippen LogP contribution in [0.25, 0.3) is 0 Å².